The summed E-state index contributed by atoms with van der Waals surface area (Å²) in [6, 6.07) is 14.1. The highest BCUT2D eigenvalue weighted by molar-refractivity contribution is 7.16. The highest BCUT2D eigenvalue weighted by Crippen LogP contribution is 2.27. The predicted molar refractivity (Wildman–Crippen MR) is 81.5 cm³/mol. The third-order valence-corrected chi connectivity index (χ3v) is 4.13. The van der Waals surface area contributed by atoms with Crippen LogP contribution in [0, 0.1) is 6.92 Å². The molecule has 0 saturated heterocycles. The number of aryl methyl sites for hydroxylation is 2. The highest BCUT2D eigenvalue weighted by Gasteiger charge is 2.08. The fourth-order valence-corrected chi connectivity index (χ4v) is 3.00. The standard InChI is InChI=1S/C15H14N2OS/c1-10-6-8-11(9-7-10)16-12-4-3-5-13-14(12)17(2)15(18)19-13/h3-9,16H,1-2H3. The molecule has 0 fully saturated rings. The van der Waals surface area contributed by atoms with Crippen LogP contribution in [0.5, 0.6) is 0 Å². The molecular weight excluding hydrogens is 256 g/mol. The Morgan fingerprint density at radius 3 is 2.58 bits per heavy atom. The maximum atomic E-state index is 11.7. The third kappa shape index (κ3) is 2.15. The number of fused-ring (bicyclic) bond motifs is 1. The van der Waals surface area contributed by atoms with Gasteiger partial charge < -0.3 is 5.32 Å². The van der Waals surface area contributed by atoms with Crippen molar-refractivity contribution in [3.63, 3.8) is 0 Å². The van der Waals surface area contributed by atoms with Crippen molar-refractivity contribution in [3.8, 4) is 0 Å². The monoisotopic (exact) mass is 270 g/mol. The van der Waals surface area contributed by atoms with Crippen LogP contribution in [0.25, 0.3) is 10.2 Å². The van der Waals surface area contributed by atoms with Gasteiger partial charge in [0.15, 0.2) is 0 Å². The molecule has 4 heteroatoms. The second kappa shape index (κ2) is 4.55. The van der Waals surface area contributed by atoms with Crippen molar-refractivity contribution >= 4 is 32.9 Å². The molecule has 0 aliphatic carbocycles. The number of rotatable bonds is 2. The van der Waals surface area contributed by atoms with E-state index in [9.17, 15) is 4.79 Å². The Labute approximate surface area is 115 Å². The van der Waals surface area contributed by atoms with Gasteiger partial charge in [-0.15, -0.1) is 0 Å². The molecule has 0 spiro atoms. The number of anilines is 2. The molecule has 0 aliphatic heterocycles. The van der Waals surface area contributed by atoms with Crippen LogP contribution in [-0.2, 0) is 7.05 Å². The molecule has 3 rings (SSSR count). The van der Waals surface area contributed by atoms with Crippen LogP contribution in [-0.4, -0.2) is 4.57 Å². The Balaban J connectivity index is 2.10. The Morgan fingerprint density at radius 1 is 1.11 bits per heavy atom. The molecule has 1 N–H and O–H groups in total. The van der Waals surface area contributed by atoms with Crippen molar-refractivity contribution in [2.75, 3.05) is 5.32 Å². The second-order valence-corrected chi connectivity index (χ2v) is 5.56. The molecule has 19 heavy (non-hydrogen) atoms. The van der Waals surface area contributed by atoms with Crippen LogP contribution >= 0.6 is 11.3 Å². The molecule has 0 radical (unpaired) electrons. The minimum atomic E-state index is 0.0631. The zero-order valence-electron chi connectivity index (χ0n) is 10.8. The van der Waals surface area contributed by atoms with E-state index in [2.05, 4.69) is 24.4 Å². The smallest absolute Gasteiger partial charge is 0.307 e. The summed E-state index contributed by atoms with van der Waals surface area (Å²) >= 11 is 1.27. The summed E-state index contributed by atoms with van der Waals surface area (Å²) in [6.45, 7) is 2.06. The summed E-state index contributed by atoms with van der Waals surface area (Å²) in [7, 11) is 1.81. The van der Waals surface area contributed by atoms with E-state index in [4.69, 9.17) is 0 Å². The zero-order valence-corrected chi connectivity index (χ0v) is 11.6. The lowest BCUT2D eigenvalue weighted by Gasteiger charge is -2.09. The van der Waals surface area contributed by atoms with Crippen molar-refractivity contribution in [1.29, 1.82) is 0 Å². The maximum absolute atomic E-state index is 11.7. The molecule has 0 atom stereocenters. The summed E-state index contributed by atoms with van der Waals surface area (Å²) in [6.07, 6.45) is 0. The SMILES string of the molecule is Cc1ccc(Nc2cccc3sc(=O)n(C)c23)cc1. The van der Waals surface area contributed by atoms with Crippen LogP contribution in [0.2, 0.25) is 0 Å². The van der Waals surface area contributed by atoms with E-state index >= 15 is 0 Å². The number of benzene rings is 2. The van der Waals surface area contributed by atoms with E-state index in [1.54, 1.807) is 4.57 Å². The predicted octanol–water partition coefficient (Wildman–Crippen LogP) is 3.65. The van der Waals surface area contributed by atoms with Crippen LogP contribution in [0.3, 0.4) is 0 Å². The van der Waals surface area contributed by atoms with E-state index in [1.807, 2.05) is 37.4 Å². The van der Waals surface area contributed by atoms with Gasteiger partial charge in [-0.3, -0.25) is 9.36 Å². The lowest BCUT2D eigenvalue weighted by molar-refractivity contribution is 0.939. The molecule has 0 bridgehead atoms. The Hall–Kier alpha value is -2.07. The highest BCUT2D eigenvalue weighted by atomic mass is 32.1. The third-order valence-electron chi connectivity index (χ3n) is 3.14. The first-order valence-electron chi connectivity index (χ1n) is 6.07. The number of nitrogens with zero attached hydrogens (tertiary/aromatic N) is 1. The molecule has 3 aromatic rings. The maximum Gasteiger partial charge on any atom is 0.307 e. The van der Waals surface area contributed by atoms with Crippen LogP contribution < -0.4 is 10.2 Å². The lowest BCUT2D eigenvalue weighted by Crippen LogP contribution is -2.07. The van der Waals surface area contributed by atoms with Crippen molar-refractivity contribution in [1.82, 2.24) is 4.57 Å². The summed E-state index contributed by atoms with van der Waals surface area (Å²) in [5.41, 5.74) is 4.17. The molecule has 0 amide bonds. The fourth-order valence-electron chi connectivity index (χ4n) is 2.10. The van der Waals surface area contributed by atoms with E-state index in [0.717, 1.165) is 21.6 Å². The molecule has 0 aliphatic rings. The van der Waals surface area contributed by atoms with Crippen LogP contribution in [0.15, 0.2) is 47.3 Å². The van der Waals surface area contributed by atoms with Gasteiger partial charge in [-0.05, 0) is 31.2 Å². The van der Waals surface area contributed by atoms with Crippen molar-refractivity contribution in [2.24, 2.45) is 7.05 Å². The van der Waals surface area contributed by atoms with Gasteiger partial charge in [0.1, 0.15) is 0 Å². The molecule has 96 valence electrons. The molecule has 1 aromatic heterocycles. The van der Waals surface area contributed by atoms with Crippen LogP contribution in [0.4, 0.5) is 11.4 Å². The minimum Gasteiger partial charge on any atom is -0.354 e. The second-order valence-electron chi connectivity index (χ2n) is 4.57. The van der Waals surface area contributed by atoms with Gasteiger partial charge in [0.2, 0.25) is 0 Å². The minimum absolute atomic E-state index is 0.0631. The Bertz CT molecular complexity index is 784. The van der Waals surface area contributed by atoms with Crippen molar-refractivity contribution < 1.29 is 0 Å². The first kappa shape index (κ1) is 12.0. The molecule has 1 heterocycles. The first-order chi connectivity index (χ1) is 9.15. The number of aromatic nitrogens is 1. The number of thiazole rings is 1. The average Bonchev–Trinajstić information content (AvgIpc) is 2.69. The molecule has 3 nitrogen and oxygen atoms in total. The first-order valence-corrected chi connectivity index (χ1v) is 6.89. The van der Waals surface area contributed by atoms with Gasteiger partial charge in [0.05, 0.1) is 15.9 Å². The largest absolute Gasteiger partial charge is 0.354 e. The Kier molecular flexibility index (Phi) is 2.87. The molecule has 2 aromatic carbocycles. The van der Waals surface area contributed by atoms with Gasteiger partial charge in [0, 0.05) is 12.7 Å². The fraction of sp³-hybridized carbons (Fsp3) is 0.133. The van der Waals surface area contributed by atoms with Gasteiger partial charge in [-0.2, -0.15) is 0 Å². The topological polar surface area (TPSA) is 34.0 Å². The van der Waals surface area contributed by atoms with E-state index in [0.29, 0.717) is 0 Å². The van der Waals surface area contributed by atoms with E-state index in [-0.39, 0.29) is 4.87 Å². The van der Waals surface area contributed by atoms with Gasteiger partial charge in [-0.1, -0.05) is 35.1 Å². The van der Waals surface area contributed by atoms with Gasteiger partial charge in [0.25, 0.3) is 0 Å². The molecule has 0 saturated carbocycles. The number of nitrogens with one attached hydrogen (secondary N) is 1. The van der Waals surface area contributed by atoms with E-state index < -0.39 is 0 Å². The molecule has 0 unspecified atom stereocenters. The number of hydrogen-bond acceptors (Lipinski definition) is 3. The molecular formula is C15H14N2OS. The Morgan fingerprint density at radius 2 is 1.84 bits per heavy atom. The van der Waals surface area contributed by atoms with E-state index in [1.165, 1.54) is 16.9 Å². The normalized spacial score (nSPS) is 10.8. The van der Waals surface area contributed by atoms with Crippen molar-refractivity contribution in [3.05, 3.63) is 57.7 Å². The average molecular weight is 270 g/mol. The lowest BCUT2D eigenvalue weighted by atomic mass is 10.2. The summed E-state index contributed by atoms with van der Waals surface area (Å²) < 4.78 is 2.70. The summed E-state index contributed by atoms with van der Waals surface area (Å²) in [5.74, 6) is 0. The van der Waals surface area contributed by atoms with Crippen molar-refractivity contribution in [2.45, 2.75) is 6.92 Å². The van der Waals surface area contributed by atoms with Gasteiger partial charge in [-0.25, -0.2) is 0 Å². The number of para-hydroxylation sites is 1. The number of hydrogen-bond donors (Lipinski definition) is 1. The van der Waals surface area contributed by atoms with Gasteiger partial charge >= 0.3 is 4.87 Å². The quantitative estimate of drug-likeness (QED) is 0.771. The summed E-state index contributed by atoms with van der Waals surface area (Å²) in [5, 5.41) is 3.38. The van der Waals surface area contributed by atoms with Crippen LogP contribution in [0.1, 0.15) is 5.56 Å². The summed E-state index contributed by atoms with van der Waals surface area (Å²) in [4.78, 5) is 11.8. The zero-order chi connectivity index (χ0) is 13.4.